The molecule has 0 unspecified atom stereocenters. The summed E-state index contributed by atoms with van der Waals surface area (Å²) in [7, 11) is 0. The summed E-state index contributed by atoms with van der Waals surface area (Å²) in [6.45, 7) is 6.93. The van der Waals surface area contributed by atoms with E-state index < -0.39 is 0 Å². The number of hydrogen-bond acceptors (Lipinski definition) is 2. The molecule has 0 saturated carbocycles. The van der Waals surface area contributed by atoms with E-state index in [1.54, 1.807) is 0 Å². The van der Waals surface area contributed by atoms with Crippen LogP contribution in [0.4, 0.5) is 11.4 Å². The molecule has 0 saturated heterocycles. The van der Waals surface area contributed by atoms with E-state index >= 15 is 0 Å². The minimum absolute atomic E-state index is 0.0460. The van der Waals surface area contributed by atoms with Gasteiger partial charge in [0.05, 0.1) is 11.0 Å². The Morgan fingerprint density at radius 3 is 2.15 bits per heavy atom. The number of aromatic nitrogens is 1. The second-order valence-electron chi connectivity index (χ2n) is 17.7. The Hall–Kier alpha value is -6.88. The maximum atomic E-state index is 2.66. The molecule has 0 bridgehead atoms. The Balaban J connectivity index is 1.19. The second kappa shape index (κ2) is 11.4. The van der Waals surface area contributed by atoms with Crippen molar-refractivity contribution >= 4 is 93.2 Å². The summed E-state index contributed by atoms with van der Waals surface area (Å²) in [5, 5.41) is 7.87. The van der Waals surface area contributed by atoms with Crippen LogP contribution in [0, 0.1) is 6.92 Å². The standard InChI is InChI=1S/C56H37BN2S/c1-32-20-24-35(25-21-32)59-47-18-10-7-15-39(47)43-29-41(34-22-26-38-37-14-6-9-17-44(37)56(2,3)45(38)28-34)53-52-36-13-5-4-12-33(36)23-27-48(52)58-49-30-42-40-16-8-11-19-50(40)60-51(42)31-46(49)57(59)54(43)55(53)58/h4-31H,1-3H3. The molecule has 2 aliphatic heterocycles. The number of fused-ring (bicyclic) bond motifs is 16. The average molecular weight is 781 g/mol. The van der Waals surface area contributed by atoms with Gasteiger partial charge in [-0.25, -0.2) is 0 Å². The lowest BCUT2D eigenvalue weighted by molar-refractivity contribution is 0.660. The molecule has 4 heterocycles. The van der Waals surface area contributed by atoms with E-state index in [1.165, 1.54) is 131 Å². The van der Waals surface area contributed by atoms with E-state index in [2.05, 4.69) is 200 Å². The van der Waals surface area contributed by atoms with Crippen molar-refractivity contribution in [3.63, 3.8) is 0 Å². The smallest absolute Gasteiger partial charge is 0.333 e. The first-order valence-corrected chi connectivity index (χ1v) is 21.9. The summed E-state index contributed by atoms with van der Waals surface area (Å²) in [5.41, 5.74) is 20.8. The molecule has 1 aliphatic carbocycles. The van der Waals surface area contributed by atoms with Gasteiger partial charge in [0.15, 0.2) is 0 Å². The molecule has 9 aromatic carbocycles. The maximum Gasteiger partial charge on any atom is 0.333 e. The largest absolute Gasteiger partial charge is 0.376 e. The quantitative estimate of drug-likeness (QED) is 0.159. The average Bonchev–Trinajstić information content (AvgIpc) is 3.91. The fourth-order valence-electron chi connectivity index (χ4n) is 11.5. The number of benzene rings is 9. The molecular weight excluding hydrogens is 744 g/mol. The Morgan fingerprint density at radius 1 is 0.517 bits per heavy atom. The first kappa shape index (κ1) is 33.0. The van der Waals surface area contributed by atoms with Gasteiger partial charge in [-0.3, -0.25) is 0 Å². The van der Waals surface area contributed by atoms with Gasteiger partial charge in [0.25, 0.3) is 0 Å². The van der Waals surface area contributed by atoms with Crippen molar-refractivity contribution in [3.05, 3.63) is 187 Å². The van der Waals surface area contributed by atoms with Crippen molar-refractivity contribution in [2.24, 2.45) is 0 Å². The van der Waals surface area contributed by atoms with Crippen LogP contribution < -0.4 is 15.7 Å². The van der Waals surface area contributed by atoms with Crippen LogP contribution in [0.5, 0.6) is 0 Å². The van der Waals surface area contributed by atoms with Gasteiger partial charge in [-0.05, 0) is 122 Å². The van der Waals surface area contributed by atoms with Gasteiger partial charge >= 0.3 is 6.85 Å². The molecule has 0 atom stereocenters. The summed E-state index contributed by atoms with van der Waals surface area (Å²) in [4.78, 5) is 2.64. The third kappa shape index (κ3) is 4.09. The van der Waals surface area contributed by atoms with E-state index in [1.807, 2.05) is 11.3 Å². The molecule has 11 aromatic rings. The molecule has 0 radical (unpaired) electrons. The van der Waals surface area contributed by atoms with E-state index in [-0.39, 0.29) is 12.3 Å². The highest BCUT2D eigenvalue weighted by Crippen LogP contribution is 2.53. The Morgan fingerprint density at radius 2 is 1.27 bits per heavy atom. The number of aryl methyl sites for hydroxylation is 1. The van der Waals surface area contributed by atoms with Crippen LogP contribution in [-0.4, -0.2) is 11.4 Å². The van der Waals surface area contributed by atoms with Gasteiger partial charge in [-0.1, -0.05) is 135 Å². The Kier molecular flexibility index (Phi) is 6.29. The zero-order valence-corrected chi connectivity index (χ0v) is 34.4. The Labute approximate surface area is 352 Å². The second-order valence-corrected chi connectivity index (χ2v) is 18.8. The number of anilines is 2. The lowest BCUT2D eigenvalue weighted by Gasteiger charge is -2.42. The van der Waals surface area contributed by atoms with E-state index in [4.69, 9.17) is 0 Å². The van der Waals surface area contributed by atoms with Gasteiger partial charge in [0, 0.05) is 59.0 Å². The zero-order chi connectivity index (χ0) is 39.6. The lowest BCUT2D eigenvalue weighted by Crippen LogP contribution is -2.60. The molecule has 3 aliphatic rings. The van der Waals surface area contributed by atoms with Crippen molar-refractivity contribution in [2.45, 2.75) is 26.2 Å². The third-order valence-corrected chi connectivity index (χ3v) is 15.3. The predicted octanol–water partition coefficient (Wildman–Crippen LogP) is 13.8. The number of hydrogen-bond donors (Lipinski definition) is 0. The summed E-state index contributed by atoms with van der Waals surface area (Å²) in [6, 6.07) is 64.9. The molecule has 0 N–H and O–H groups in total. The van der Waals surface area contributed by atoms with Gasteiger partial charge in [-0.2, -0.15) is 0 Å². The molecule has 0 spiro atoms. The Bertz CT molecular complexity index is 3720. The number of para-hydroxylation sites is 1. The van der Waals surface area contributed by atoms with E-state index in [0.29, 0.717) is 0 Å². The lowest BCUT2D eigenvalue weighted by atomic mass is 9.44. The summed E-state index contributed by atoms with van der Waals surface area (Å²) >= 11 is 1.91. The number of thiophene rings is 1. The van der Waals surface area contributed by atoms with Gasteiger partial charge in [0.2, 0.25) is 0 Å². The fourth-order valence-corrected chi connectivity index (χ4v) is 12.6. The first-order valence-electron chi connectivity index (χ1n) is 21.1. The van der Waals surface area contributed by atoms with Crippen LogP contribution in [-0.2, 0) is 5.41 Å². The van der Waals surface area contributed by atoms with Crippen molar-refractivity contribution in [2.75, 3.05) is 4.81 Å². The van der Waals surface area contributed by atoms with Crippen molar-refractivity contribution in [1.82, 2.24) is 4.57 Å². The summed E-state index contributed by atoms with van der Waals surface area (Å²) < 4.78 is 5.32. The van der Waals surface area contributed by atoms with Crippen LogP contribution in [0.15, 0.2) is 170 Å². The molecule has 2 aromatic heterocycles. The van der Waals surface area contributed by atoms with E-state index in [0.717, 1.165) is 0 Å². The fraction of sp³-hybridized carbons (Fsp3) is 0.0714. The van der Waals surface area contributed by atoms with Gasteiger partial charge in [-0.15, -0.1) is 11.3 Å². The van der Waals surface area contributed by atoms with Crippen LogP contribution >= 0.6 is 11.3 Å². The molecule has 2 nitrogen and oxygen atoms in total. The topological polar surface area (TPSA) is 8.17 Å². The van der Waals surface area contributed by atoms with Crippen molar-refractivity contribution in [1.29, 1.82) is 0 Å². The monoisotopic (exact) mass is 780 g/mol. The minimum Gasteiger partial charge on any atom is -0.376 e. The van der Waals surface area contributed by atoms with Gasteiger partial charge in [0.1, 0.15) is 0 Å². The molecular formula is C56H37BN2S. The van der Waals surface area contributed by atoms with E-state index in [9.17, 15) is 0 Å². The predicted molar refractivity (Wildman–Crippen MR) is 258 cm³/mol. The zero-order valence-electron chi connectivity index (χ0n) is 33.5. The molecule has 0 fully saturated rings. The molecule has 0 amide bonds. The highest BCUT2D eigenvalue weighted by atomic mass is 32.1. The molecule has 280 valence electrons. The van der Waals surface area contributed by atoms with Crippen LogP contribution in [0.1, 0.15) is 30.5 Å². The highest BCUT2D eigenvalue weighted by Gasteiger charge is 2.45. The summed E-state index contributed by atoms with van der Waals surface area (Å²) in [6.07, 6.45) is 0. The first-order chi connectivity index (χ1) is 29.4. The SMILES string of the molecule is Cc1ccc(N2B3c4cc5sc6ccccc6c5cc4-n4c5ccc6ccccc6c5c5c(-c6ccc7c(c6)C(C)(C)c6ccccc6-7)cc(c3c54)-c3ccccc32)cc1. The van der Waals surface area contributed by atoms with Gasteiger partial charge < -0.3 is 9.38 Å². The van der Waals surface area contributed by atoms with Crippen molar-refractivity contribution < 1.29 is 0 Å². The minimum atomic E-state index is -0.110. The number of rotatable bonds is 2. The molecule has 4 heteroatoms. The van der Waals surface area contributed by atoms with Crippen LogP contribution in [0.2, 0.25) is 0 Å². The van der Waals surface area contributed by atoms with Crippen molar-refractivity contribution in [3.8, 4) is 39.1 Å². The van der Waals surface area contributed by atoms with Crippen LogP contribution in [0.25, 0.3) is 91.8 Å². The summed E-state index contributed by atoms with van der Waals surface area (Å²) in [5.74, 6) is 0. The normalized spacial score (nSPS) is 14.3. The highest BCUT2D eigenvalue weighted by molar-refractivity contribution is 7.26. The van der Waals surface area contributed by atoms with Crippen LogP contribution in [0.3, 0.4) is 0 Å². The maximum absolute atomic E-state index is 2.66. The number of nitrogens with zero attached hydrogens (tertiary/aromatic N) is 2. The molecule has 14 rings (SSSR count). The third-order valence-electron chi connectivity index (χ3n) is 14.2. The molecule has 60 heavy (non-hydrogen) atoms.